The van der Waals surface area contributed by atoms with Crippen molar-refractivity contribution in [3.05, 3.63) is 41.5 Å². The number of allylic oxidation sites excluding steroid dienone is 4. The van der Waals surface area contributed by atoms with Crippen LogP contribution in [0.1, 0.15) is 13.8 Å². The van der Waals surface area contributed by atoms with Crippen LogP contribution in [0, 0.1) is 0 Å². The predicted molar refractivity (Wildman–Crippen MR) is 86.9 cm³/mol. The third-order valence-corrected chi connectivity index (χ3v) is 3.38. The normalized spacial score (nSPS) is 14.5. The first-order valence-corrected chi connectivity index (χ1v) is 6.77. The summed E-state index contributed by atoms with van der Waals surface area (Å²) in [5.74, 6) is 0.727. The lowest BCUT2D eigenvalue weighted by Gasteiger charge is -2.16. The zero-order valence-electron chi connectivity index (χ0n) is 13.1. The Morgan fingerprint density at radius 1 is 1.10 bits per heavy atom. The number of methoxy groups -OCH3 is 1. The molecule has 110 valence electrons. The minimum absolute atomic E-state index is 0.0128. The van der Waals surface area contributed by atoms with Gasteiger partial charge in [0.05, 0.1) is 12.8 Å². The van der Waals surface area contributed by atoms with Gasteiger partial charge in [-0.1, -0.05) is 0 Å². The molecule has 0 saturated carbocycles. The molecule has 0 fully saturated rings. The topological polar surface area (TPSA) is 41.9 Å². The Balaban J connectivity index is 2.48. The molecule has 1 aliphatic rings. The lowest BCUT2D eigenvalue weighted by Crippen LogP contribution is -2.11. The molecular weight excluding hydrogens is 264 g/mol. The molecule has 0 bridgehead atoms. The van der Waals surface area contributed by atoms with Gasteiger partial charge in [0, 0.05) is 25.8 Å². The Morgan fingerprint density at radius 3 is 2.24 bits per heavy atom. The summed E-state index contributed by atoms with van der Waals surface area (Å²) in [6, 6.07) is 5.87. The molecule has 0 N–H and O–H groups in total. The molecule has 21 heavy (non-hydrogen) atoms. The molecule has 0 spiro atoms. The third kappa shape index (κ3) is 3.21. The average molecular weight is 284 g/mol. The maximum absolute atomic E-state index is 11.5. The van der Waals surface area contributed by atoms with E-state index in [0.29, 0.717) is 5.75 Å². The summed E-state index contributed by atoms with van der Waals surface area (Å²) in [5.41, 5.74) is 4.38. The van der Waals surface area contributed by atoms with E-state index in [4.69, 9.17) is 4.74 Å². The molecular formula is C17H20N2O2. The van der Waals surface area contributed by atoms with E-state index in [-0.39, 0.29) is 5.78 Å². The fourth-order valence-electron chi connectivity index (χ4n) is 2.25. The van der Waals surface area contributed by atoms with Crippen LogP contribution in [0.15, 0.2) is 46.5 Å². The van der Waals surface area contributed by atoms with Crippen molar-refractivity contribution in [1.82, 2.24) is 0 Å². The SMILES string of the molecule is COc1cc(N(C)C)ccc1N=C1C(C)=CC(=O)C=C1C. The fraction of sp³-hybridized carbons (Fsp3) is 0.294. The van der Waals surface area contributed by atoms with Crippen LogP contribution in [0.3, 0.4) is 0 Å². The van der Waals surface area contributed by atoms with E-state index in [1.165, 1.54) is 0 Å². The van der Waals surface area contributed by atoms with Gasteiger partial charge in [0.15, 0.2) is 5.78 Å². The molecule has 0 atom stereocenters. The van der Waals surface area contributed by atoms with E-state index >= 15 is 0 Å². The second-order valence-corrected chi connectivity index (χ2v) is 5.27. The molecule has 0 saturated heterocycles. The summed E-state index contributed by atoms with van der Waals surface area (Å²) >= 11 is 0. The van der Waals surface area contributed by atoms with Crippen molar-refractivity contribution in [2.45, 2.75) is 13.8 Å². The zero-order chi connectivity index (χ0) is 15.6. The third-order valence-electron chi connectivity index (χ3n) is 3.38. The Bertz CT molecular complexity index is 643. The van der Waals surface area contributed by atoms with Gasteiger partial charge in [0.2, 0.25) is 0 Å². The summed E-state index contributed by atoms with van der Waals surface area (Å²) in [6.45, 7) is 3.79. The standard InChI is InChI=1S/C17H20N2O2/c1-11-8-14(20)9-12(2)17(11)18-15-7-6-13(19(3)4)10-16(15)21-5/h6-10H,1-5H3. The molecule has 1 aromatic rings. The summed E-state index contributed by atoms with van der Waals surface area (Å²) in [4.78, 5) is 18.2. The number of hydrogen-bond acceptors (Lipinski definition) is 4. The maximum Gasteiger partial charge on any atom is 0.179 e. The quantitative estimate of drug-likeness (QED) is 0.800. The second-order valence-electron chi connectivity index (χ2n) is 5.27. The largest absolute Gasteiger partial charge is 0.494 e. The molecule has 1 aromatic carbocycles. The van der Waals surface area contributed by atoms with Gasteiger partial charge in [-0.2, -0.15) is 0 Å². The first-order valence-electron chi connectivity index (χ1n) is 6.77. The van der Waals surface area contributed by atoms with Crippen molar-refractivity contribution < 1.29 is 9.53 Å². The molecule has 1 aliphatic carbocycles. The molecule has 0 unspecified atom stereocenters. The number of nitrogens with zero attached hydrogens (tertiary/aromatic N) is 2. The van der Waals surface area contributed by atoms with Crippen LogP contribution >= 0.6 is 0 Å². The number of aliphatic imine (C=N–C) groups is 1. The number of anilines is 1. The summed E-state index contributed by atoms with van der Waals surface area (Å²) in [5, 5.41) is 0. The van der Waals surface area contributed by atoms with Crippen molar-refractivity contribution in [2.24, 2.45) is 4.99 Å². The Hall–Kier alpha value is -2.36. The van der Waals surface area contributed by atoms with Crippen LogP contribution in [0.5, 0.6) is 5.75 Å². The van der Waals surface area contributed by atoms with Gasteiger partial charge in [-0.3, -0.25) is 4.79 Å². The monoisotopic (exact) mass is 284 g/mol. The van der Waals surface area contributed by atoms with E-state index in [2.05, 4.69) is 4.99 Å². The number of ether oxygens (including phenoxy) is 1. The number of ketones is 1. The predicted octanol–water partition coefficient (Wildman–Crippen LogP) is 3.31. The first-order chi connectivity index (χ1) is 9.92. The molecule has 4 heteroatoms. The Labute approximate surface area is 125 Å². The highest BCUT2D eigenvalue weighted by Crippen LogP contribution is 2.33. The number of carbonyl (C=O) groups is 1. The van der Waals surface area contributed by atoms with Crippen LogP contribution in [-0.4, -0.2) is 32.7 Å². The zero-order valence-corrected chi connectivity index (χ0v) is 13.1. The molecule has 0 amide bonds. The van der Waals surface area contributed by atoms with Crippen LogP contribution < -0.4 is 9.64 Å². The van der Waals surface area contributed by atoms with Crippen molar-refractivity contribution in [1.29, 1.82) is 0 Å². The molecule has 0 heterocycles. The van der Waals surface area contributed by atoms with Crippen LogP contribution in [-0.2, 0) is 4.79 Å². The minimum Gasteiger partial charge on any atom is -0.494 e. The van der Waals surface area contributed by atoms with Gasteiger partial charge in [-0.15, -0.1) is 0 Å². The van der Waals surface area contributed by atoms with Gasteiger partial charge in [-0.25, -0.2) is 4.99 Å². The lowest BCUT2D eigenvalue weighted by atomic mass is 9.97. The Morgan fingerprint density at radius 2 is 1.71 bits per heavy atom. The van der Waals surface area contributed by atoms with Crippen LogP contribution in [0.2, 0.25) is 0 Å². The minimum atomic E-state index is 0.0128. The molecule has 0 aromatic heterocycles. The van der Waals surface area contributed by atoms with Crippen LogP contribution in [0.4, 0.5) is 11.4 Å². The highest BCUT2D eigenvalue weighted by molar-refractivity contribution is 6.22. The average Bonchev–Trinajstić information content (AvgIpc) is 2.42. The van der Waals surface area contributed by atoms with Gasteiger partial charge < -0.3 is 9.64 Å². The lowest BCUT2D eigenvalue weighted by molar-refractivity contribution is -0.110. The van der Waals surface area contributed by atoms with Crippen molar-refractivity contribution in [3.63, 3.8) is 0 Å². The number of rotatable bonds is 3. The second kappa shape index (κ2) is 5.95. The van der Waals surface area contributed by atoms with Gasteiger partial charge in [-0.05, 0) is 49.3 Å². The van der Waals surface area contributed by atoms with E-state index in [0.717, 1.165) is 28.2 Å². The first kappa shape index (κ1) is 15.0. The summed E-state index contributed by atoms with van der Waals surface area (Å²) in [7, 11) is 5.59. The van der Waals surface area contributed by atoms with E-state index in [1.54, 1.807) is 19.3 Å². The number of benzene rings is 1. The molecule has 0 radical (unpaired) electrons. The van der Waals surface area contributed by atoms with E-state index in [9.17, 15) is 4.79 Å². The van der Waals surface area contributed by atoms with Crippen LogP contribution in [0.25, 0.3) is 0 Å². The molecule has 4 nitrogen and oxygen atoms in total. The molecule has 0 aliphatic heterocycles. The smallest absolute Gasteiger partial charge is 0.179 e. The van der Waals surface area contributed by atoms with E-state index < -0.39 is 0 Å². The van der Waals surface area contributed by atoms with E-state index in [1.807, 2.05) is 51.0 Å². The maximum atomic E-state index is 11.5. The van der Waals surface area contributed by atoms with Gasteiger partial charge >= 0.3 is 0 Å². The van der Waals surface area contributed by atoms with Gasteiger partial charge in [0.25, 0.3) is 0 Å². The van der Waals surface area contributed by atoms with Crippen molar-refractivity contribution in [3.8, 4) is 5.75 Å². The fourth-order valence-corrected chi connectivity index (χ4v) is 2.25. The Kier molecular flexibility index (Phi) is 4.26. The number of hydrogen-bond donors (Lipinski definition) is 0. The highest BCUT2D eigenvalue weighted by atomic mass is 16.5. The summed E-state index contributed by atoms with van der Waals surface area (Å²) < 4.78 is 5.43. The van der Waals surface area contributed by atoms with Crippen molar-refractivity contribution >= 4 is 22.9 Å². The summed E-state index contributed by atoms with van der Waals surface area (Å²) in [6.07, 6.45) is 3.21. The van der Waals surface area contributed by atoms with Crippen molar-refractivity contribution in [2.75, 3.05) is 26.1 Å². The van der Waals surface area contributed by atoms with Gasteiger partial charge in [0.1, 0.15) is 11.4 Å². The molecule has 2 rings (SSSR count). The highest BCUT2D eigenvalue weighted by Gasteiger charge is 2.14. The number of carbonyl (C=O) groups excluding carboxylic acids is 1.